The van der Waals surface area contributed by atoms with Gasteiger partial charge in [0.15, 0.2) is 8.68 Å². The molecule has 1 aromatic carbocycles. The molecule has 0 saturated heterocycles. The summed E-state index contributed by atoms with van der Waals surface area (Å²) in [5.74, 6) is 0. The molecule has 0 aliphatic carbocycles. The Kier molecular flexibility index (Phi) is 4.80. The van der Waals surface area contributed by atoms with Crippen LogP contribution in [0.3, 0.4) is 0 Å². The molecule has 1 aromatic heterocycles. The number of aryl methyl sites for hydroxylation is 1. The monoisotopic (exact) mass is 330 g/mol. The lowest BCUT2D eigenvalue weighted by Gasteiger charge is -2.16. The van der Waals surface area contributed by atoms with Gasteiger partial charge >= 0.3 is 0 Å². The second kappa shape index (κ2) is 6.22. The molecule has 0 amide bonds. The maximum absolute atomic E-state index is 12.4. The van der Waals surface area contributed by atoms with Crippen molar-refractivity contribution in [2.45, 2.75) is 17.6 Å². The van der Waals surface area contributed by atoms with Crippen molar-refractivity contribution in [3.05, 3.63) is 46.1 Å². The number of aromatic nitrogens is 1. The lowest BCUT2D eigenvalue weighted by Crippen LogP contribution is -2.28. The van der Waals surface area contributed by atoms with Crippen LogP contribution < -0.4 is 0 Å². The molecule has 0 unspecified atom stereocenters. The zero-order valence-corrected chi connectivity index (χ0v) is 13.6. The largest absolute Gasteiger partial charge is 0.254 e. The highest BCUT2D eigenvalue weighted by Gasteiger charge is 2.26. The van der Waals surface area contributed by atoms with Crippen LogP contribution in [0.4, 0.5) is 0 Å². The summed E-state index contributed by atoms with van der Waals surface area (Å²) in [6, 6.07) is 9.78. The Morgan fingerprint density at radius 2 is 1.95 bits per heavy atom. The topological polar surface area (TPSA) is 50.3 Å². The van der Waals surface area contributed by atoms with Crippen molar-refractivity contribution in [3.8, 4) is 0 Å². The van der Waals surface area contributed by atoms with Gasteiger partial charge in [-0.15, -0.1) is 0 Å². The summed E-state index contributed by atoms with van der Waals surface area (Å²) >= 11 is 6.77. The molecule has 0 bridgehead atoms. The van der Waals surface area contributed by atoms with Crippen LogP contribution >= 0.6 is 22.9 Å². The summed E-state index contributed by atoms with van der Waals surface area (Å²) in [5.41, 5.74) is 1.56. The summed E-state index contributed by atoms with van der Waals surface area (Å²) in [6.07, 6.45) is 0.669. The number of likely N-dealkylation sites (N-methyl/N-ethyl adjacent to an activating group) is 1. The highest BCUT2D eigenvalue weighted by atomic mass is 35.5. The molecule has 7 heteroatoms. The minimum atomic E-state index is -3.51. The fraction of sp³-hybridized carbons (Fsp3) is 0.308. The fourth-order valence-electron chi connectivity index (χ4n) is 1.78. The molecule has 0 fully saturated rings. The van der Waals surface area contributed by atoms with Crippen molar-refractivity contribution < 1.29 is 8.42 Å². The molecule has 0 N–H and O–H groups in total. The van der Waals surface area contributed by atoms with Crippen molar-refractivity contribution >= 4 is 33.0 Å². The van der Waals surface area contributed by atoms with Gasteiger partial charge in [-0.1, -0.05) is 53.3 Å². The Labute approximate surface area is 128 Å². The standard InChI is InChI=1S/C13H15ClN2O2S2/c1-10-12(19-13(14)15-10)20(17,18)16(2)9-8-11-6-4-3-5-7-11/h3-7H,8-9H2,1-2H3. The van der Waals surface area contributed by atoms with E-state index in [4.69, 9.17) is 11.6 Å². The molecule has 0 spiro atoms. The Hall–Kier alpha value is -0.950. The number of halogens is 1. The van der Waals surface area contributed by atoms with Crippen LogP contribution in [0.2, 0.25) is 4.47 Å². The lowest BCUT2D eigenvalue weighted by molar-refractivity contribution is 0.473. The van der Waals surface area contributed by atoms with E-state index in [1.165, 1.54) is 4.31 Å². The molecule has 20 heavy (non-hydrogen) atoms. The zero-order valence-electron chi connectivity index (χ0n) is 11.2. The molecule has 4 nitrogen and oxygen atoms in total. The maximum atomic E-state index is 12.4. The fourth-order valence-corrected chi connectivity index (χ4v) is 4.88. The molecule has 0 aliphatic heterocycles. The van der Waals surface area contributed by atoms with Gasteiger partial charge in [-0.05, 0) is 18.9 Å². The van der Waals surface area contributed by atoms with E-state index in [9.17, 15) is 8.42 Å². The van der Waals surface area contributed by atoms with E-state index >= 15 is 0 Å². The molecule has 2 aromatic rings. The van der Waals surface area contributed by atoms with Crippen LogP contribution in [0.1, 0.15) is 11.3 Å². The van der Waals surface area contributed by atoms with Crippen LogP contribution in [-0.4, -0.2) is 31.3 Å². The summed E-state index contributed by atoms with van der Waals surface area (Å²) in [4.78, 5) is 3.96. The minimum absolute atomic E-state index is 0.220. The van der Waals surface area contributed by atoms with E-state index in [1.807, 2.05) is 30.3 Å². The maximum Gasteiger partial charge on any atom is 0.254 e. The van der Waals surface area contributed by atoms with E-state index in [0.717, 1.165) is 16.9 Å². The average Bonchev–Trinajstić information content (AvgIpc) is 2.77. The van der Waals surface area contributed by atoms with Crippen molar-refractivity contribution in [3.63, 3.8) is 0 Å². The third kappa shape index (κ3) is 3.38. The van der Waals surface area contributed by atoms with Gasteiger partial charge in [-0.25, -0.2) is 13.4 Å². The van der Waals surface area contributed by atoms with Gasteiger partial charge in [0, 0.05) is 13.6 Å². The molecule has 0 aliphatic rings. The zero-order chi connectivity index (χ0) is 14.8. The number of thiazole rings is 1. The molecular weight excluding hydrogens is 316 g/mol. The van der Waals surface area contributed by atoms with Crippen molar-refractivity contribution in [1.82, 2.24) is 9.29 Å². The molecule has 2 rings (SSSR count). The van der Waals surface area contributed by atoms with E-state index in [1.54, 1.807) is 14.0 Å². The lowest BCUT2D eigenvalue weighted by atomic mass is 10.2. The number of sulfonamides is 1. The van der Waals surface area contributed by atoms with Crippen molar-refractivity contribution in [2.24, 2.45) is 0 Å². The third-order valence-corrected chi connectivity index (χ3v) is 6.64. The summed E-state index contributed by atoms with van der Waals surface area (Å²) in [6.45, 7) is 2.07. The Bertz CT molecular complexity index is 684. The number of hydrogen-bond donors (Lipinski definition) is 0. The molecule has 108 valence electrons. The molecular formula is C13H15ClN2O2S2. The van der Waals surface area contributed by atoms with Gasteiger partial charge in [-0.3, -0.25) is 0 Å². The van der Waals surface area contributed by atoms with Gasteiger partial charge in [0.05, 0.1) is 5.69 Å². The molecule has 1 heterocycles. The van der Waals surface area contributed by atoms with Gasteiger partial charge in [0.25, 0.3) is 10.0 Å². The van der Waals surface area contributed by atoms with Crippen LogP contribution in [0, 0.1) is 6.92 Å². The first kappa shape index (κ1) is 15.4. The predicted molar refractivity (Wildman–Crippen MR) is 81.8 cm³/mol. The van der Waals surface area contributed by atoms with Crippen LogP contribution in [-0.2, 0) is 16.4 Å². The van der Waals surface area contributed by atoms with Crippen LogP contribution in [0.15, 0.2) is 34.5 Å². The smallest absolute Gasteiger partial charge is 0.229 e. The van der Waals surface area contributed by atoms with E-state index < -0.39 is 10.0 Å². The first-order valence-corrected chi connectivity index (χ1v) is 8.68. The average molecular weight is 331 g/mol. The van der Waals surface area contributed by atoms with E-state index in [2.05, 4.69) is 4.98 Å². The number of benzene rings is 1. The van der Waals surface area contributed by atoms with Crippen molar-refractivity contribution in [2.75, 3.05) is 13.6 Å². The summed E-state index contributed by atoms with van der Waals surface area (Å²) < 4.78 is 26.7. The first-order chi connectivity index (χ1) is 9.41. The second-order valence-electron chi connectivity index (χ2n) is 4.40. The third-order valence-electron chi connectivity index (χ3n) is 2.93. The van der Waals surface area contributed by atoms with Crippen molar-refractivity contribution in [1.29, 1.82) is 0 Å². The SMILES string of the molecule is Cc1nc(Cl)sc1S(=O)(=O)N(C)CCc1ccccc1. The van der Waals surface area contributed by atoms with Crippen LogP contribution in [0.25, 0.3) is 0 Å². The Balaban J connectivity index is 2.12. The Morgan fingerprint density at radius 1 is 1.30 bits per heavy atom. The number of rotatable bonds is 5. The minimum Gasteiger partial charge on any atom is -0.229 e. The van der Waals surface area contributed by atoms with Gasteiger partial charge in [0.2, 0.25) is 0 Å². The van der Waals surface area contributed by atoms with E-state index in [0.29, 0.717) is 18.7 Å². The normalized spacial score (nSPS) is 12.0. The molecule has 0 saturated carbocycles. The van der Waals surface area contributed by atoms with Gasteiger partial charge in [-0.2, -0.15) is 4.31 Å². The number of hydrogen-bond acceptors (Lipinski definition) is 4. The van der Waals surface area contributed by atoms with Crippen LogP contribution in [0.5, 0.6) is 0 Å². The number of nitrogens with zero attached hydrogens (tertiary/aromatic N) is 2. The van der Waals surface area contributed by atoms with E-state index in [-0.39, 0.29) is 8.68 Å². The van der Waals surface area contributed by atoms with Gasteiger partial charge < -0.3 is 0 Å². The molecule has 0 radical (unpaired) electrons. The predicted octanol–water partition coefficient (Wildman–Crippen LogP) is 2.97. The second-order valence-corrected chi connectivity index (χ2v) is 8.22. The quantitative estimate of drug-likeness (QED) is 0.847. The Morgan fingerprint density at radius 3 is 2.50 bits per heavy atom. The molecule has 0 atom stereocenters. The highest BCUT2D eigenvalue weighted by molar-refractivity contribution is 7.91. The summed E-state index contributed by atoms with van der Waals surface area (Å²) in [7, 11) is -1.94. The first-order valence-electron chi connectivity index (χ1n) is 6.04. The summed E-state index contributed by atoms with van der Waals surface area (Å²) in [5, 5.41) is 0. The highest BCUT2D eigenvalue weighted by Crippen LogP contribution is 2.28. The van der Waals surface area contributed by atoms with Gasteiger partial charge in [0.1, 0.15) is 0 Å².